The molecule has 0 saturated carbocycles. The van der Waals surface area contributed by atoms with Crippen LogP contribution < -0.4 is 5.73 Å². The molecule has 100 valence electrons. The van der Waals surface area contributed by atoms with Crippen LogP contribution in [-0.2, 0) is 19.9 Å². The summed E-state index contributed by atoms with van der Waals surface area (Å²) in [4.78, 5) is 7.14. The summed E-state index contributed by atoms with van der Waals surface area (Å²) in [6.07, 6.45) is 2.22. The molecule has 10 heteroatoms. The van der Waals surface area contributed by atoms with Gasteiger partial charge in [-0.25, -0.2) is 26.8 Å². The highest BCUT2D eigenvalue weighted by atomic mass is 32.2. The highest BCUT2D eigenvalue weighted by Crippen LogP contribution is 2.16. The van der Waals surface area contributed by atoms with Crippen LogP contribution in [0.15, 0.2) is 17.3 Å². The number of nitrogens with two attached hydrogens (primary N) is 1. The molecule has 1 aromatic rings. The molecule has 0 spiro atoms. The third kappa shape index (κ3) is 2.60. The fourth-order valence-electron chi connectivity index (χ4n) is 1.54. The van der Waals surface area contributed by atoms with E-state index in [2.05, 4.69) is 9.97 Å². The number of sulfonamides is 1. The lowest BCUT2D eigenvalue weighted by atomic mass is 10.6. The van der Waals surface area contributed by atoms with E-state index in [1.807, 2.05) is 0 Å². The summed E-state index contributed by atoms with van der Waals surface area (Å²) in [6, 6.07) is 0. The van der Waals surface area contributed by atoms with Gasteiger partial charge in [-0.2, -0.15) is 4.31 Å². The number of anilines is 1. The van der Waals surface area contributed by atoms with E-state index in [1.54, 1.807) is 0 Å². The van der Waals surface area contributed by atoms with Crippen LogP contribution in [0.2, 0.25) is 0 Å². The Bertz CT molecular complexity index is 624. The Kier molecular flexibility index (Phi) is 3.25. The molecule has 0 atom stereocenters. The largest absolute Gasteiger partial charge is 0.368 e. The van der Waals surface area contributed by atoms with Crippen LogP contribution in [0.5, 0.6) is 0 Å². The minimum atomic E-state index is -3.74. The molecule has 0 radical (unpaired) electrons. The number of nitrogens with zero attached hydrogens (tertiary/aromatic N) is 3. The summed E-state index contributed by atoms with van der Waals surface area (Å²) in [7, 11) is -6.86. The average molecular weight is 292 g/mol. The van der Waals surface area contributed by atoms with E-state index in [1.165, 1.54) is 0 Å². The Morgan fingerprint density at radius 1 is 1.17 bits per heavy atom. The van der Waals surface area contributed by atoms with Crippen LogP contribution >= 0.6 is 0 Å². The van der Waals surface area contributed by atoms with Gasteiger partial charge in [-0.3, -0.25) is 0 Å². The first-order chi connectivity index (χ1) is 8.31. The minimum Gasteiger partial charge on any atom is -0.368 e. The van der Waals surface area contributed by atoms with Gasteiger partial charge in [0.2, 0.25) is 16.0 Å². The Labute approximate surface area is 105 Å². The lowest BCUT2D eigenvalue weighted by molar-refractivity contribution is 0.430. The monoisotopic (exact) mass is 292 g/mol. The molecule has 1 aliphatic rings. The Hall–Kier alpha value is -1.26. The second-order valence-electron chi connectivity index (χ2n) is 3.83. The fraction of sp³-hybridized carbons (Fsp3) is 0.500. The lowest BCUT2D eigenvalue weighted by Gasteiger charge is -2.25. The van der Waals surface area contributed by atoms with Gasteiger partial charge in [-0.05, 0) is 0 Å². The third-order valence-electron chi connectivity index (χ3n) is 2.59. The van der Waals surface area contributed by atoms with Gasteiger partial charge in [0.15, 0.2) is 9.84 Å². The van der Waals surface area contributed by atoms with E-state index in [9.17, 15) is 16.8 Å². The molecule has 0 aromatic carbocycles. The summed E-state index contributed by atoms with van der Waals surface area (Å²) < 4.78 is 47.8. The summed E-state index contributed by atoms with van der Waals surface area (Å²) >= 11 is 0. The first-order valence-corrected chi connectivity index (χ1v) is 8.35. The van der Waals surface area contributed by atoms with E-state index in [0.717, 1.165) is 16.7 Å². The molecule has 0 unspecified atom stereocenters. The normalized spacial score (nSPS) is 20.7. The Morgan fingerprint density at radius 3 is 2.17 bits per heavy atom. The van der Waals surface area contributed by atoms with Crippen molar-refractivity contribution in [3.63, 3.8) is 0 Å². The quantitative estimate of drug-likeness (QED) is 0.702. The maximum absolute atomic E-state index is 12.1. The zero-order valence-electron chi connectivity index (χ0n) is 9.35. The van der Waals surface area contributed by atoms with Crippen molar-refractivity contribution in [2.75, 3.05) is 30.3 Å². The third-order valence-corrected chi connectivity index (χ3v) is 6.05. The number of hydrogen-bond acceptors (Lipinski definition) is 7. The maximum Gasteiger partial charge on any atom is 0.246 e. The van der Waals surface area contributed by atoms with Crippen molar-refractivity contribution in [1.82, 2.24) is 14.3 Å². The van der Waals surface area contributed by atoms with Gasteiger partial charge in [0.05, 0.1) is 23.9 Å². The van der Waals surface area contributed by atoms with Gasteiger partial charge < -0.3 is 5.73 Å². The summed E-state index contributed by atoms with van der Waals surface area (Å²) in [5.41, 5.74) is 5.27. The van der Waals surface area contributed by atoms with E-state index in [4.69, 9.17) is 5.73 Å². The summed E-state index contributed by atoms with van der Waals surface area (Å²) in [5.74, 6) is -0.348. The second kappa shape index (κ2) is 4.44. The van der Waals surface area contributed by atoms with Crippen LogP contribution in [0, 0.1) is 0 Å². The molecule has 18 heavy (non-hydrogen) atoms. The first kappa shape index (κ1) is 13.2. The fourth-order valence-corrected chi connectivity index (χ4v) is 4.31. The molecule has 2 N–H and O–H groups in total. The molecule has 2 rings (SSSR count). The molecule has 0 aliphatic carbocycles. The van der Waals surface area contributed by atoms with Crippen LogP contribution in [0.1, 0.15) is 0 Å². The van der Waals surface area contributed by atoms with E-state index >= 15 is 0 Å². The van der Waals surface area contributed by atoms with E-state index in [-0.39, 0.29) is 35.4 Å². The zero-order chi connectivity index (χ0) is 13.4. The maximum atomic E-state index is 12.1. The van der Waals surface area contributed by atoms with E-state index in [0.29, 0.717) is 0 Å². The summed E-state index contributed by atoms with van der Waals surface area (Å²) in [6.45, 7) is -0.0932. The highest BCUT2D eigenvalue weighted by molar-refractivity contribution is 7.92. The smallest absolute Gasteiger partial charge is 0.246 e. The van der Waals surface area contributed by atoms with E-state index < -0.39 is 19.9 Å². The number of hydrogen-bond donors (Lipinski definition) is 1. The molecule has 1 fully saturated rings. The zero-order valence-corrected chi connectivity index (χ0v) is 11.0. The number of nitrogen functional groups attached to an aromatic ring is 1. The number of sulfone groups is 1. The van der Waals surface area contributed by atoms with Crippen molar-refractivity contribution >= 4 is 25.8 Å². The predicted octanol–water partition coefficient (Wildman–Crippen LogP) is -1.52. The van der Waals surface area contributed by atoms with Crippen molar-refractivity contribution in [1.29, 1.82) is 0 Å². The second-order valence-corrected chi connectivity index (χ2v) is 8.07. The van der Waals surface area contributed by atoms with Crippen LogP contribution in [-0.4, -0.2) is 55.7 Å². The number of rotatable bonds is 2. The standard InChI is InChI=1S/C8H12N4O4S2/c9-8-10-5-7(6-11-8)18(15,16)12-1-3-17(13,14)4-2-12/h5-6H,1-4H2,(H2,9,10,11). The van der Waals surface area contributed by atoms with Crippen molar-refractivity contribution < 1.29 is 16.8 Å². The molecule has 1 saturated heterocycles. The Balaban J connectivity index is 2.25. The van der Waals surface area contributed by atoms with Crippen molar-refractivity contribution in [2.45, 2.75) is 4.90 Å². The van der Waals surface area contributed by atoms with Gasteiger partial charge in [-0.1, -0.05) is 0 Å². The van der Waals surface area contributed by atoms with Crippen molar-refractivity contribution in [3.05, 3.63) is 12.4 Å². The topological polar surface area (TPSA) is 123 Å². The molecule has 0 amide bonds. The van der Waals surface area contributed by atoms with Gasteiger partial charge in [-0.15, -0.1) is 0 Å². The van der Waals surface area contributed by atoms with Crippen LogP contribution in [0.25, 0.3) is 0 Å². The van der Waals surface area contributed by atoms with Gasteiger partial charge in [0, 0.05) is 13.1 Å². The van der Waals surface area contributed by atoms with Gasteiger partial charge >= 0.3 is 0 Å². The lowest BCUT2D eigenvalue weighted by Crippen LogP contribution is -2.43. The molecular formula is C8H12N4O4S2. The molecule has 2 heterocycles. The van der Waals surface area contributed by atoms with Gasteiger partial charge in [0.25, 0.3) is 0 Å². The SMILES string of the molecule is Nc1ncc(S(=O)(=O)N2CCS(=O)(=O)CC2)cn1. The first-order valence-electron chi connectivity index (χ1n) is 5.09. The number of aromatic nitrogens is 2. The molecule has 8 nitrogen and oxygen atoms in total. The molecule has 1 aromatic heterocycles. The molecule has 0 bridgehead atoms. The molecule has 1 aliphatic heterocycles. The predicted molar refractivity (Wildman–Crippen MR) is 63.9 cm³/mol. The van der Waals surface area contributed by atoms with Crippen LogP contribution in [0.3, 0.4) is 0 Å². The van der Waals surface area contributed by atoms with Gasteiger partial charge in [0.1, 0.15) is 4.90 Å². The average Bonchev–Trinajstić information content (AvgIpc) is 2.29. The highest BCUT2D eigenvalue weighted by Gasteiger charge is 2.31. The minimum absolute atomic E-state index is 0.0184. The van der Waals surface area contributed by atoms with Crippen LogP contribution in [0.4, 0.5) is 5.95 Å². The molecular weight excluding hydrogens is 280 g/mol. The Morgan fingerprint density at radius 2 is 1.67 bits per heavy atom. The van der Waals surface area contributed by atoms with Crippen molar-refractivity contribution in [3.8, 4) is 0 Å². The summed E-state index contributed by atoms with van der Waals surface area (Å²) in [5, 5.41) is 0. The van der Waals surface area contributed by atoms with Crippen molar-refractivity contribution in [2.24, 2.45) is 0 Å².